The average Bonchev–Trinajstić information content (AvgIpc) is 3.17. The predicted octanol–water partition coefficient (Wildman–Crippen LogP) is 7.43. The van der Waals surface area contributed by atoms with Crippen molar-refractivity contribution in [1.29, 1.82) is 5.26 Å². The summed E-state index contributed by atoms with van der Waals surface area (Å²) in [5.74, 6) is 0. The highest BCUT2D eigenvalue weighted by Gasteiger charge is 2.13. The fraction of sp³-hybridized carbons (Fsp3) is 0. The molecule has 2 nitrogen and oxygen atoms in total. The fourth-order valence-electron chi connectivity index (χ4n) is 4.34. The molecule has 0 atom stereocenters. The lowest BCUT2D eigenvalue weighted by atomic mass is 9.94. The molecule has 5 aromatic carbocycles. The highest BCUT2D eigenvalue weighted by molar-refractivity contribution is 6.13. The molecule has 29 heavy (non-hydrogen) atoms. The van der Waals surface area contributed by atoms with Crippen LogP contribution in [0, 0.1) is 11.3 Å². The summed E-state index contributed by atoms with van der Waals surface area (Å²) in [7, 11) is 0. The van der Waals surface area contributed by atoms with Crippen molar-refractivity contribution in [3.8, 4) is 17.2 Å². The molecule has 0 fully saturated rings. The summed E-state index contributed by atoms with van der Waals surface area (Å²) < 4.78 is 6.23. The van der Waals surface area contributed by atoms with Gasteiger partial charge in [-0.05, 0) is 39.9 Å². The molecule has 6 aromatic rings. The third-order valence-corrected chi connectivity index (χ3v) is 5.70. The molecule has 1 heterocycles. The van der Waals surface area contributed by atoms with Crippen molar-refractivity contribution in [3.05, 3.63) is 96.6 Å². The predicted molar refractivity (Wildman–Crippen MR) is 119 cm³/mol. The van der Waals surface area contributed by atoms with Crippen LogP contribution < -0.4 is 0 Å². The summed E-state index contributed by atoms with van der Waals surface area (Å²) in [4.78, 5) is 0. The number of fused-ring (bicyclic) bond motifs is 6. The molecular weight excluding hydrogens is 354 g/mol. The molecule has 2 heteroatoms. The molecular formula is C27H15NO. The van der Waals surface area contributed by atoms with Crippen LogP contribution in [0.1, 0.15) is 5.56 Å². The maximum atomic E-state index is 9.55. The lowest BCUT2D eigenvalue weighted by Gasteiger charge is -2.09. The van der Waals surface area contributed by atoms with Crippen LogP contribution >= 0.6 is 0 Å². The molecule has 0 radical (unpaired) electrons. The summed E-state index contributed by atoms with van der Waals surface area (Å²) in [6.45, 7) is 0. The lowest BCUT2D eigenvalue weighted by molar-refractivity contribution is 0.670. The largest absolute Gasteiger partial charge is 0.455 e. The van der Waals surface area contributed by atoms with Gasteiger partial charge in [0, 0.05) is 21.7 Å². The minimum atomic E-state index is 0.709. The number of benzene rings is 5. The quantitative estimate of drug-likeness (QED) is 0.283. The van der Waals surface area contributed by atoms with Crippen LogP contribution in [-0.2, 0) is 0 Å². The van der Waals surface area contributed by atoms with Gasteiger partial charge in [0.15, 0.2) is 0 Å². The normalized spacial score (nSPS) is 11.4. The zero-order chi connectivity index (χ0) is 19.4. The van der Waals surface area contributed by atoms with Gasteiger partial charge in [0.2, 0.25) is 0 Å². The van der Waals surface area contributed by atoms with Crippen molar-refractivity contribution in [2.45, 2.75) is 0 Å². The molecule has 0 unspecified atom stereocenters. The second kappa shape index (κ2) is 5.95. The van der Waals surface area contributed by atoms with E-state index in [9.17, 15) is 5.26 Å². The standard InChI is InChI=1S/C27H15NO/c28-16-19-14-17-12-13-18(15-25(17)22-7-2-1-6-20(19)22)21-9-5-10-24-23-8-3-4-11-26(23)29-27(21)24/h1-15H. The smallest absolute Gasteiger partial charge is 0.143 e. The first-order valence-electron chi connectivity index (χ1n) is 9.60. The molecule has 0 saturated heterocycles. The van der Waals surface area contributed by atoms with E-state index in [0.29, 0.717) is 5.56 Å². The van der Waals surface area contributed by atoms with Crippen LogP contribution in [0.25, 0.3) is 54.6 Å². The minimum absolute atomic E-state index is 0.709. The Kier molecular flexibility index (Phi) is 3.27. The van der Waals surface area contributed by atoms with E-state index >= 15 is 0 Å². The van der Waals surface area contributed by atoms with Gasteiger partial charge in [-0.3, -0.25) is 0 Å². The summed E-state index contributed by atoms with van der Waals surface area (Å²) >= 11 is 0. The van der Waals surface area contributed by atoms with E-state index in [2.05, 4.69) is 54.6 Å². The molecule has 6 rings (SSSR count). The number of hydrogen-bond donors (Lipinski definition) is 0. The zero-order valence-electron chi connectivity index (χ0n) is 15.5. The van der Waals surface area contributed by atoms with E-state index in [-0.39, 0.29) is 0 Å². The van der Waals surface area contributed by atoms with Gasteiger partial charge in [-0.1, -0.05) is 72.8 Å². The van der Waals surface area contributed by atoms with Gasteiger partial charge in [0.1, 0.15) is 11.2 Å². The summed E-state index contributed by atoms with van der Waals surface area (Å²) in [5.41, 5.74) is 4.71. The number of furan rings is 1. The maximum absolute atomic E-state index is 9.55. The third-order valence-electron chi connectivity index (χ3n) is 5.70. The summed E-state index contributed by atoms with van der Waals surface area (Å²) in [6.07, 6.45) is 0. The van der Waals surface area contributed by atoms with E-state index in [4.69, 9.17) is 4.42 Å². The Balaban J connectivity index is 1.69. The molecule has 0 N–H and O–H groups in total. The van der Waals surface area contributed by atoms with Crippen molar-refractivity contribution >= 4 is 43.5 Å². The first-order chi connectivity index (χ1) is 14.3. The van der Waals surface area contributed by atoms with Gasteiger partial charge < -0.3 is 4.42 Å². The minimum Gasteiger partial charge on any atom is -0.455 e. The van der Waals surface area contributed by atoms with Gasteiger partial charge in [0.25, 0.3) is 0 Å². The van der Waals surface area contributed by atoms with Gasteiger partial charge in [-0.15, -0.1) is 0 Å². The van der Waals surface area contributed by atoms with Crippen molar-refractivity contribution in [3.63, 3.8) is 0 Å². The molecule has 0 aliphatic heterocycles. The van der Waals surface area contributed by atoms with Gasteiger partial charge in [-0.25, -0.2) is 0 Å². The second-order valence-electron chi connectivity index (χ2n) is 7.30. The first-order valence-corrected chi connectivity index (χ1v) is 9.60. The molecule has 0 amide bonds. The number of rotatable bonds is 1. The SMILES string of the molecule is N#Cc1cc2ccc(-c3cccc4c3oc3ccccc34)cc2c2ccccc12. The van der Waals surface area contributed by atoms with Crippen molar-refractivity contribution < 1.29 is 4.42 Å². The number of hydrogen-bond acceptors (Lipinski definition) is 2. The highest BCUT2D eigenvalue weighted by Crippen LogP contribution is 2.38. The molecule has 1 aromatic heterocycles. The Morgan fingerprint density at radius 1 is 0.621 bits per heavy atom. The van der Waals surface area contributed by atoms with Crippen LogP contribution in [0.5, 0.6) is 0 Å². The van der Waals surface area contributed by atoms with E-state index in [1.165, 1.54) is 0 Å². The van der Waals surface area contributed by atoms with E-state index in [0.717, 1.165) is 54.6 Å². The number of nitriles is 1. The van der Waals surface area contributed by atoms with E-state index in [1.807, 2.05) is 42.5 Å². The van der Waals surface area contributed by atoms with E-state index in [1.54, 1.807) is 0 Å². The highest BCUT2D eigenvalue weighted by atomic mass is 16.3. The van der Waals surface area contributed by atoms with Gasteiger partial charge in [0.05, 0.1) is 11.6 Å². The third kappa shape index (κ3) is 2.28. The summed E-state index contributed by atoms with van der Waals surface area (Å²) in [5, 5.41) is 16.1. The van der Waals surface area contributed by atoms with Crippen molar-refractivity contribution in [2.24, 2.45) is 0 Å². The van der Waals surface area contributed by atoms with E-state index < -0.39 is 0 Å². The average molecular weight is 369 g/mol. The molecule has 0 saturated carbocycles. The van der Waals surface area contributed by atoms with Crippen molar-refractivity contribution in [1.82, 2.24) is 0 Å². The van der Waals surface area contributed by atoms with Gasteiger partial charge in [-0.2, -0.15) is 5.26 Å². The van der Waals surface area contributed by atoms with Gasteiger partial charge >= 0.3 is 0 Å². The molecule has 134 valence electrons. The molecule has 0 aliphatic rings. The number of para-hydroxylation sites is 2. The second-order valence-corrected chi connectivity index (χ2v) is 7.30. The number of nitrogens with zero attached hydrogens (tertiary/aromatic N) is 1. The van der Waals surface area contributed by atoms with Crippen LogP contribution in [-0.4, -0.2) is 0 Å². The topological polar surface area (TPSA) is 36.9 Å². The Labute approximate surface area is 167 Å². The molecule has 0 aliphatic carbocycles. The van der Waals surface area contributed by atoms with Crippen LogP contribution in [0.15, 0.2) is 95.4 Å². The van der Waals surface area contributed by atoms with Crippen molar-refractivity contribution in [2.75, 3.05) is 0 Å². The molecule has 0 bridgehead atoms. The maximum Gasteiger partial charge on any atom is 0.143 e. The van der Waals surface area contributed by atoms with Crippen LogP contribution in [0.4, 0.5) is 0 Å². The van der Waals surface area contributed by atoms with Crippen LogP contribution in [0.3, 0.4) is 0 Å². The Hall–Kier alpha value is -4.09. The first kappa shape index (κ1) is 15.9. The molecule has 0 spiro atoms. The Morgan fingerprint density at radius 2 is 1.38 bits per heavy atom. The Bertz CT molecular complexity index is 1620. The monoisotopic (exact) mass is 369 g/mol. The Morgan fingerprint density at radius 3 is 2.24 bits per heavy atom. The fourth-order valence-corrected chi connectivity index (χ4v) is 4.34. The summed E-state index contributed by atoms with van der Waals surface area (Å²) in [6, 6.07) is 33.3. The van der Waals surface area contributed by atoms with Crippen LogP contribution in [0.2, 0.25) is 0 Å². The lowest BCUT2D eigenvalue weighted by Crippen LogP contribution is -1.85. The zero-order valence-corrected chi connectivity index (χ0v) is 15.5.